The Morgan fingerprint density at radius 2 is 2.18 bits per heavy atom. The molecule has 8 nitrogen and oxygen atoms in total. The summed E-state index contributed by atoms with van der Waals surface area (Å²) in [6.45, 7) is 2.82. The molecule has 0 radical (unpaired) electrons. The molecule has 3 rings (SSSR count). The number of nitrogens with zero attached hydrogens (tertiary/aromatic N) is 2. The van der Waals surface area contributed by atoms with Gasteiger partial charge in [0.15, 0.2) is 5.96 Å². The second kappa shape index (κ2) is 9.11. The largest absolute Gasteiger partial charge is 0.396 e. The van der Waals surface area contributed by atoms with Gasteiger partial charge in [0.05, 0.1) is 18.0 Å². The lowest BCUT2D eigenvalue weighted by molar-refractivity contribution is 0.127. The van der Waals surface area contributed by atoms with Crippen LogP contribution in [0.1, 0.15) is 18.4 Å². The number of aliphatic imine (C=N–C) groups is 1. The van der Waals surface area contributed by atoms with E-state index in [1.165, 1.54) is 4.31 Å². The number of rotatable bonds is 8. The van der Waals surface area contributed by atoms with Crippen LogP contribution in [0.25, 0.3) is 0 Å². The Bertz CT molecular complexity index is 791. The number of aliphatic hydroxyl groups is 1. The first kappa shape index (κ1) is 20.9. The summed E-state index contributed by atoms with van der Waals surface area (Å²) in [7, 11) is -1.74. The van der Waals surface area contributed by atoms with Gasteiger partial charge in [-0.1, -0.05) is 18.2 Å². The van der Waals surface area contributed by atoms with Crippen molar-refractivity contribution in [3.05, 3.63) is 29.8 Å². The summed E-state index contributed by atoms with van der Waals surface area (Å²) >= 11 is 0. The molecule has 1 saturated heterocycles. The first-order valence-electron chi connectivity index (χ1n) is 9.71. The molecule has 1 unspecified atom stereocenters. The molecule has 1 atom stereocenters. The number of benzene rings is 1. The summed E-state index contributed by atoms with van der Waals surface area (Å²) in [4.78, 5) is 4.18. The van der Waals surface area contributed by atoms with Crippen molar-refractivity contribution in [1.29, 1.82) is 0 Å². The second-order valence-electron chi connectivity index (χ2n) is 7.40. The highest BCUT2D eigenvalue weighted by Crippen LogP contribution is 2.31. The molecule has 0 spiro atoms. The van der Waals surface area contributed by atoms with Gasteiger partial charge in [-0.05, 0) is 30.9 Å². The predicted molar refractivity (Wildman–Crippen MR) is 110 cm³/mol. The molecule has 0 aliphatic carbocycles. The van der Waals surface area contributed by atoms with Gasteiger partial charge >= 0.3 is 0 Å². The van der Waals surface area contributed by atoms with Crippen LogP contribution >= 0.6 is 0 Å². The molecular formula is C19H30N4O4S. The minimum absolute atomic E-state index is 0.00702. The van der Waals surface area contributed by atoms with Crippen molar-refractivity contribution < 1.29 is 18.3 Å². The molecule has 9 heteroatoms. The van der Waals surface area contributed by atoms with E-state index in [2.05, 4.69) is 15.6 Å². The van der Waals surface area contributed by atoms with E-state index in [1.807, 2.05) is 24.3 Å². The Labute approximate surface area is 167 Å². The lowest BCUT2D eigenvalue weighted by Gasteiger charge is -2.27. The molecule has 2 heterocycles. The van der Waals surface area contributed by atoms with E-state index in [-0.39, 0.29) is 24.3 Å². The van der Waals surface area contributed by atoms with Gasteiger partial charge in [-0.15, -0.1) is 0 Å². The van der Waals surface area contributed by atoms with E-state index < -0.39 is 10.0 Å². The van der Waals surface area contributed by atoms with Crippen molar-refractivity contribution in [2.24, 2.45) is 10.4 Å². The highest BCUT2D eigenvalue weighted by Gasteiger charge is 2.34. The molecule has 28 heavy (non-hydrogen) atoms. The third kappa shape index (κ3) is 4.76. The Morgan fingerprint density at radius 1 is 1.36 bits per heavy atom. The quantitative estimate of drug-likeness (QED) is 0.422. The summed E-state index contributed by atoms with van der Waals surface area (Å²) in [5.41, 5.74) is 1.76. The Balaban J connectivity index is 1.50. The smallest absolute Gasteiger partial charge is 0.236 e. The van der Waals surface area contributed by atoms with Crippen LogP contribution in [-0.2, 0) is 21.2 Å². The molecule has 1 aromatic rings. The Hall–Kier alpha value is -1.84. The fourth-order valence-electron chi connectivity index (χ4n) is 3.81. The fraction of sp³-hybridized carbons (Fsp3) is 0.632. The number of anilines is 1. The fourth-order valence-corrected chi connectivity index (χ4v) is 5.24. The van der Waals surface area contributed by atoms with Gasteiger partial charge in [0, 0.05) is 45.3 Å². The number of para-hydroxylation sites is 1. The van der Waals surface area contributed by atoms with Crippen LogP contribution in [0.3, 0.4) is 0 Å². The monoisotopic (exact) mass is 410 g/mol. The van der Waals surface area contributed by atoms with Crippen molar-refractivity contribution in [2.45, 2.75) is 19.3 Å². The second-order valence-corrected chi connectivity index (χ2v) is 9.41. The summed E-state index contributed by atoms with van der Waals surface area (Å²) in [5, 5.41) is 15.7. The third-order valence-electron chi connectivity index (χ3n) is 5.51. The minimum Gasteiger partial charge on any atom is -0.396 e. The van der Waals surface area contributed by atoms with Crippen LogP contribution in [0.15, 0.2) is 29.3 Å². The highest BCUT2D eigenvalue weighted by atomic mass is 32.2. The van der Waals surface area contributed by atoms with E-state index in [4.69, 9.17) is 4.74 Å². The highest BCUT2D eigenvalue weighted by molar-refractivity contribution is 7.92. The van der Waals surface area contributed by atoms with E-state index in [9.17, 15) is 13.5 Å². The molecule has 3 N–H and O–H groups in total. The van der Waals surface area contributed by atoms with Crippen molar-refractivity contribution in [3.8, 4) is 0 Å². The topological polar surface area (TPSA) is 103 Å². The molecule has 2 aliphatic heterocycles. The van der Waals surface area contributed by atoms with E-state index >= 15 is 0 Å². The van der Waals surface area contributed by atoms with Crippen molar-refractivity contribution in [2.75, 3.05) is 56.6 Å². The third-order valence-corrected chi connectivity index (χ3v) is 7.29. The average molecular weight is 411 g/mol. The Morgan fingerprint density at radius 3 is 2.89 bits per heavy atom. The van der Waals surface area contributed by atoms with E-state index in [1.54, 1.807) is 7.05 Å². The maximum absolute atomic E-state index is 12.7. The average Bonchev–Trinajstić information content (AvgIpc) is 3.32. The van der Waals surface area contributed by atoms with Crippen LogP contribution in [0.4, 0.5) is 5.69 Å². The van der Waals surface area contributed by atoms with Crippen LogP contribution in [-0.4, -0.2) is 71.7 Å². The van der Waals surface area contributed by atoms with Gasteiger partial charge < -0.3 is 20.5 Å². The van der Waals surface area contributed by atoms with Gasteiger partial charge in [-0.2, -0.15) is 0 Å². The number of ether oxygens (including phenoxy) is 1. The zero-order valence-corrected chi connectivity index (χ0v) is 17.2. The number of hydrogen-bond donors (Lipinski definition) is 3. The van der Waals surface area contributed by atoms with Gasteiger partial charge in [0.2, 0.25) is 10.0 Å². The van der Waals surface area contributed by atoms with E-state index in [0.717, 1.165) is 24.1 Å². The van der Waals surface area contributed by atoms with Crippen LogP contribution < -0.4 is 14.9 Å². The summed E-state index contributed by atoms with van der Waals surface area (Å²) in [6, 6.07) is 7.64. The van der Waals surface area contributed by atoms with Crippen molar-refractivity contribution in [3.63, 3.8) is 0 Å². The first-order chi connectivity index (χ1) is 13.5. The van der Waals surface area contributed by atoms with E-state index in [0.29, 0.717) is 38.7 Å². The molecular weight excluding hydrogens is 380 g/mol. The number of hydrogen-bond acceptors (Lipinski definition) is 5. The van der Waals surface area contributed by atoms with Gasteiger partial charge in [-0.25, -0.2) is 8.42 Å². The van der Waals surface area contributed by atoms with Gasteiger partial charge in [0.1, 0.15) is 0 Å². The van der Waals surface area contributed by atoms with Crippen LogP contribution in [0.2, 0.25) is 0 Å². The standard InChI is InChI=1S/C19H30N4O4S/c1-20-18(22-14-19(7-11-24)8-12-27-15-19)21-9-13-28(25,26)23-10-6-16-4-2-3-5-17(16)23/h2-5,24H,6-15H2,1H3,(H2,20,21,22). The molecule has 1 aromatic carbocycles. The molecule has 156 valence electrons. The molecule has 1 fully saturated rings. The maximum Gasteiger partial charge on any atom is 0.236 e. The zero-order chi connectivity index (χ0) is 20.0. The summed E-state index contributed by atoms with van der Waals surface area (Å²) in [5.74, 6) is 0.550. The lowest BCUT2D eigenvalue weighted by Crippen LogP contribution is -2.46. The first-order valence-corrected chi connectivity index (χ1v) is 11.3. The van der Waals surface area contributed by atoms with Crippen LogP contribution in [0.5, 0.6) is 0 Å². The minimum atomic E-state index is -3.39. The van der Waals surface area contributed by atoms with Crippen molar-refractivity contribution in [1.82, 2.24) is 10.6 Å². The number of sulfonamides is 1. The van der Waals surface area contributed by atoms with Crippen molar-refractivity contribution >= 4 is 21.7 Å². The summed E-state index contributed by atoms with van der Waals surface area (Å²) in [6.07, 6.45) is 2.31. The summed E-state index contributed by atoms with van der Waals surface area (Å²) < 4.78 is 32.5. The normalized spacial score (nSPS) is 22.4. The number of fused-ring (bicyclic) bond motifs is 1. The number of guanidine groups is 1. The van der Waals surface area contributed by atoms with Gasteiger partial charge in [-0.3, -0.25) is 9.30 Å². The Kier molecular flexibility index (Phi) is 6.79. The molecule has 0 bridgehead atoms. The number of aliphatic hydroxyl groups excluding tert-OH is 1. The number of nitrogens with one attached hydrogen (secondary N) is 2. The molecule has 0 amide bonds. The lowest BCUT2D eigenvalue weighted by atomic mass is 9.84. The molecule has 0 saturated carbocycles. The predicted octanol–water partition coefficient (Wildman–Crippen LogP) is 0.333. The maximum atomic E-state index is 12.7. The molecule has 0 aromatic heterocycles. The SMILES string of the molecule is CN=C(NCCS(=O)(=O)N1CCc2ccccc21)NCC1(CCO)CCOC1. The zero-order valence-electron chi connectivity index (χ0n) is 16.4. The van der Waals surface area contributed by atoms with Gasteiger partial charge in [0.25, 0.3) is 0 Å². The van der Waals surface area contributed by atoms with Crippen LogP contribution in [0, 0.1) is 5.41 Å². The molecule has 2 aliphatic rings.